The molecule has 4 aromatic carbocycles. The van der Waals surface area contributed by atoms with Crippen molar-refractivity contribution in [1.82, 2.24) is 0 Å². The first-order chi connectivity index (χ1) is 17.0. The first-order valence-electron chi connectivity index (χ1n) is 10.2. The van der Waals surface area contributed by atoms with Crippen molar-refractivity contribution < 1.29 is 32.9 Å². The summed E-state index contributed by atoms with van der Waals surface area (Å²) in [4.78, 5) is 23.6. The van der Waals surface area contributed by atoms with Crippen molar-refractivity contribution in [3.63, 3.8) is 0 Å². The molecule has 0 radical (unpaired) electrons. The molecule has 0 saturated heterocycles. The Morgan fingerprint density at radius 2 is 0.771 bits per heavy atom. The maximum absolute atomic E-state index is 10.9. The Balaban J connectivity index is 1.23. The highest BCUT2D eigenvalue weighted by molar-refractivity contribution is 8.07. The van der Waals surface area contributed by atoms with E-state index in [9.17, 15) is 9.59 Å². The minimum absolute atomic E-state index is 0.202. The third-order valence-corrected chi connectivity index (χ3v) is 6.06. The summed E-state index contributed by atoms with van der Waals surface area (Å²) in [6, 6.07) is 27.0. The van der Waals surface area contributed by atoms with Gasteiger partial charge in [-0.05, 0) is 97.1 Å². The molecule has 0 heterocycles. The van der Waals surface area contributed by atoms with Crippen molar-refractivity contribution in [2.45, 2.75) is 9.79 Å². The van der Waals surface area contributed by atoms with Gasteiger partial charge in [0, 0.05) is 33.9 Å². The van der Waals surface area contributed by atoms with E-state index in [0.717, 1.165) is 9.79 Å². The van der Waals surface area contributed by atoms with Crippen molar-refractivity contribution in [2.24, 2.45) is 0 Å². The molecule has 0 saturated carbocycles. The predicted molar refractivity (Wildman–Crippen MR) is 133 cm³/mol. The third-order valence-electron chi connectivity index (χ3n) is 4.58. The van der Waals surface area contributed by atoms with Gasteiger partial charge in [-0.2, -0.15) is 0 Å². The second-order valence-corrected chi connectivity index (χ2v) is 8.86. The lowest BCUT2D eigenvalue weighted by atomic mass is 10.2. The fourth-order valence-corrected chi connectivity index (χ4v) is 4.08. The Morgan fingerprint density at radius 3 is 1.06 bits per heavy atom. The summed E-state index contributed by atoms with van der Waals surface area (Å²) in [6.45, 7) is 0. The average molecular weight is 507 g/mol. The van der Waals surface area contributed by atoms with Crippen LogP contribution in [0.1, 0.15) is 20.7 Å². The molecule has 0 aliphatic carbocycles. The minimum atomic E-state index is -0.982. The van der Waals surface area contributed by atoms with Crippen molar-refractivity contribution in [3.05, 3.63) is 108 Å². The van der Waals surface area contributed by atoms with Crippen LogP contribution in [0.15, 0.2) is 107 Å². The summed E-state index contributed by atoms with van der Waals surface area (Å²) in [7, 11) is 0. The van der Waals surface area contributed by atoms with Crippen molar-refractivity contribution >= 4 is 36.0 Å². The molecular formula is C26H18O7S2. The van der Waals surface area contributed by atoms with Gasteiger partial charge in [0.2, 0.25) is 0 Å². The van der Waals surface area contributed by atoms with Crippen LogP contribution < -0.4 is 9.47 Å². The zero-order chi connectivity index (χ0) is 24.6. The Labute approximate surface area is 209 Å². The quantitative estimate of drug-likeness (QED) is 0.213. The van der Waals surface area contributed by atoms with Crippen LogP contribution in [-0.2, 0) is 3.63 Å². The molecule has 0 amide bonds. The van der Waals surface area contributed by atoms with E-state index in [1.165, 1.54) is 48.4 Å². The monoisotopic (exact) mass is 506 g/mol. The van der Waals surface area contributed by atoms with Crippen molar-refractivity contribution in [2.75, 3.05) is 0 Å². The van der Waals surface area contributed by atoms with Gasteiger partial charge in [0.25, 0.3) is 0 Å². The number of rotatable bonds is 10. The van der Waals surface area contributed by atoms with E-state index in [0.29, 0.717) is 23.0 Å². The molecule has 4 aromatic rings. The normalized spacial score (nSPS) is 10.5. The highest BCUT2D eigenvalue weighted by atomic mass is 32.2. The summed E-state index contributed by atoms with van der Waals surface area (Å²) in [6.07, 6.45) is 0. The number of aromatic carboxylic acids is 2. The summed E-state index contributed by atoms with van der Waals surface area (Å²) < 4.78 is 17.1. The number of benzene rings is 4. The lowest BCUT2D eigenvalue weighted by Gasteiger charge is -2.08. The lowest BCUT2D eigenvalue weighted by molar-refractivity contribution is 0.0686. The van der Waals surface area contributed by atoms with Gasteiger partial charge in [0.15, 0.2) is 0 Å². The highest BCUT2D eigenvalue weighted by Crippen LogP contribution is 2.33. The molecule has 2 N–H and O–H groups in total. The minimum Gasteiger partial charge on any atom is -0.478 e. The van der Waals surface area contributed by atoms with E-state index < -0.39 is 11.9 Å². The summed E-state index contributed by atoms with van der Waals surface area (Å²) in [5, 5.41) is 17.9. The second-order valence-electron chi connectivity index (χ2n) is 7.04. The molecule has 4 rings (SSSR count). The van der Waals surface area contributed by atoms with Gasteiger partial charge in [-0.15, -0.1) is 0 Å². The van der Waals surface area contributed by atoms with E-state index in [1.807, 2.05) is 24.3 Å². The second kappa shape index (κ2) is 11.5. The Kier molecular flexibility index (Phi) is 7.94. The summed E-state index contributed by atoms with van der Waals surface area (Å²) in [5.74, 6) is 0.380. The van der Waals surface area contributed by atoms with E-state index >= 15 is 0 Å². The molecule has 35 heavy (non-hydrogen) atoms. The number of hydrogen-bond donors (Lipinski definition) is 2. The van der Waals surface area contributed by atoms with E-state index in [-0.39, 0.29) is 11.1 Å². The largest absolute Gasteiger partial charge is 0.478 e. The van der Waals surface area contributed by atoms with Crippen LogP contribution in [0, 0.1) is 0 Å². The summed E-state index contributed by atoms with van der Waals surface area (Å²) in [5.41, 5.74) is 0.404. The SMILES string of the molecule is O=C(O)c1ccc(Oc2ccc(SOSc3ccc(Oc4ccc(C(=O)O)cc4)cc3)cc2)cc1. The smallest absolute Gasteiger partial charge is 0.335 e. The van der Waals surface area contributed by atoms with Crippen LogP contribution >= 0.6 is 24.1 Å². The van der Waals surface area contributed by atoms with Gasteiger partial charge in [-0.25, -0.2) is 13.2 Å². The van der Waals surface area contributed by atoms with Crippen molar-refractivity contribution in [3.8, 4) is 23.0 Å². The highest BCUT2D eigenvalue weighted by Gasteiger charge is 2.06. The van der Waals surface area contributed by atoms with E-state index in [2.05, 4.69) is 0 Å². The van der Waals surface area contributed by atoms with Crippen LogP contribution in [0.5, 0.6) is 23.0 Å². The Bertz CT molecular complexity index is 1180. The number of carboxylic acid groups (broad SMARTS) is 2. The van der Waals surface area contributed by atoms with Gasteiger partial charge in [0.05, 0.1) is 11.1 Å². The van der Waals surface area contributed by atoms with Gasteiger partial charge >= 0.3 is 11.9 Å². The van der Waals surface area contributed by atoms with Crippen molar-refractivity contribution in [1.29, 1.82) is 0 Å². The number of carbonyl (C=O) groups is 2. The molecule has 0 aliphatic rings. The Hall–Kier alpha value is -3.92. The maximum atomic E-state index is 10.9. The molecule has 0 aliphatic heterocycles. The molecule has 0 fully saturated rings. The van der Waals surface area contributed by atoms with Crippen LogP contribution in [0.4, 0.5) is 0 Å². The van der Waals surface area contributed by atoms with Gasteiger partial charge < -0.3 is 19.7 Å². The predicted octanol–water partition coefficient (Wildman–Crippen LogP) is 7.40. The lowest BCUT2D eigenvalue weighted by Crippen LogP contribution is -1.95. The topological polar surface area (TPSA) is 102 Å². The van der Waals surface area contributed by atoms with Gasteiger partial charge in [-0.3, -0.25) is 0 Å². The molecule has 0 unspecified atom stereocenters. The van der Waals surface area contributed by atoms with E-state index in [4.69, 9.17) is 23.3 Å². The fourth-order valence-electron chi connectivity index (χ4n) is 2.83. The zero-order valence-electron chi connectivity index (χ0n) is 18.0. The molecule has 9 heteroatoms. The standard InChI is InChI=1S/C26H18O7S2/c27-25(28)17-1-5-19(6-2-17)31-21-9-13-23(14-10-21)34-33-35-24-15-11-22(12-16-24)32-20-7-3-18(4-8-20)26(29)30/h1-16H,(H,27,28)(H,29,30). The van der Waals surface area contributed by atoms with Crippen LogP contribution in [0.2, 0.25) is 0 Å². The molecule has 176 valence electrons. The van der Waals surface area contributed by atoms with E-state index in [1.54, 1.807) is 48.5 Å². The molecule has 0 bridgehead atoms. The molecule has 7 nitrogen and oxygen atoms in total. The Morgan fingerprint density at radius 1 is 0.486 bits per heavy atom. The van der Waals surface area contributed by atoms with Gasteiger partial charge in [-0.1, -0.05) is 0 Å². The van der Waals surface area contributed by atoms with Gasteiger partial charge in [0.1, 0.15) is 23.0 Å². The fraction of sp³-hybridized carbons (Fsp3) is 0. The molecule has 0 atom stereocenters. The first kappa shape index (κ1) is 24.2. The molecular weight excluding hydrogens is 488 g/mol. The summed E-state index contributed by atoms with van der Waals surface area (Å²) >= 11 is 2.42. The first-order valence-corrected chi connectivity index (χ1v) is 11.7. The van der Waals surface area contributed by atoms with Crippen LogP contribution in [0.3, 0.4) is 0 Å². The third kappa shape index (κ3) is 7.03. The average Bonchev–Trinajstić information content (AvgIpc) is 2.87. The number of hydrogen-bond acceptors (Lipinski definition) is 7. The number of carboxylic acids is 2. The van der Waals surface area contributed by atoms with Crippen LogP contribution in [-0.4, -0.2) is 22.2 Å². The number of ether oxygens (including phenoxy) is 2. The maximum Gasteiger partial charge on any atom is 0.335 e. The molecule has 0 aromatic heterocycles. The molecule has 0 spiro atoms. The van der Waals surface area contributed by atoms with Crippen LogP contribution in [0.25, 0.3) is 0 Å². The zero-order valence-corrected chi connectivity index (χ0v) is 19.6.